The first kappa shape index (κ1) is 54.3. The molecule has 0 aliphatic carbocycles. The van der Waals surface area contributed by atoms with Gasteiger partial charge < -0.3 is 56.0 Å². The van der Waals surface area contributed by atoms with E-state index in [-0.39, 0.29) is 83.0 Å². The van der Waals surface area contributed by atoms with Gasteiger partial charge >= 0.3 is 23.9 Å². The SMILES string of the molecule is CC(=O)CC[C@H](NC(=O)CC[C@H](NC(=O)COCCOCCNC(=O)CC[C@H](NC(=O)CCCCCCCCCCCCCCCCC(=O)O)C(=O)O)C(=O)O)C(=O)O. The molecule has 0 aromatic carbocycles. The third-order valence-electron chi connectivity index (χ3n) is 9.22. The molecule has 19 heteroatoms. The Morgan fingerprint density at radius 2 is 0.797 bits per heavy atom. The smallest absolute Gasteiger partial charge is 0.326 e. The first-order valence-electron chi connectivity index (χ1n) is 20.8. The van der Waals surface area contributed by atoms with E-state index in [1.54, 1.807) is 0 Å². The molecule has 0 heterocycles. The minimum atomic E-state index is -1.44. The summed E-state index contributed by atoms with van der Waals surface area (Å²) in [7, 11) is 0. The molecule has 4 amide bonds. The highest BCUT2D eigenvalue weighted by molar-refractivity contribution is 5.87. The summed E-state index contributed by atoms with van der Waals surface area (Å²) in [6.07, 6.45) is 14.1. The van der Waals surface area contributed by atoms with Gasteiger partial charge in [-0.15, -0.1) is 0 Å². The number of rotatable bonds is 40. The van der Waals surface area contributed by atoms with Crippen LogP contribution in [0.4, 0.5) is 0 Å². The fourth-order valence-electron chi connectivity index (χ4n) is 5.86. The number of hydrogen-bond donors (Lipinski definition) is 8. The predicted octanol–water partition coefficient (Wildman–Crippen LogP) is 3.10. The average molecular weight is 845 g/mol. The Labute approximate surface area is 346 Å². The number of Topliss-reactive ketones (excluding diaryl/α,β-unsaturated/α-hetero) is 1. The zero-order valence-corrected chi connectivity index (χ0v) is 34.6. The third-order valence-corrected chi connectivity index (χ3v) is 9.22. The molecule has 0 spiro atoms. The maximum absolute atomic E-state index is 12.3. The van der Waals surface area contributed by atoms with Crippen molar-refractivity contribution in [1.82, 2.24) is 21.3 Å². The highest BCUT2D eigenvalue weighted by Gasteiger charge is 2.24. The Bertz CT molecular complexity index is 1300. The van der Waals surface area contributed by atoms with Crippen molar-refractivity contribution in [3.8, 4) is 0 Å². The number of carbonyl (C=O) groups excluding carboxylic acids is 5. The van der Waals surface area contributed by atoms with E-state index >= 15 is 0 Å². The quantitative estimate of drug-likeness (QED) is 0.0411. The molecule has 0 aliphatic heterocycles. The molecule has 0 aromatic heterocycles. The number of aliphatic carboxylic acids is 4. The van der Waals surface area contributed by atoms with E-state index in [4.69, 9.17) is 14.6 Å². The van der Waals surface area contributed by atoms with Gasteiger partial charge in [-0.3, -0.25) is 24.0 Å². The third kappa shape index (κ3) is 34.0. The van der Waals surface area contributed by atoms with E-state index in [2.05, 4.69) is 21.3 Å². The van der Waals surface area contributed by atoms with Crippen LogP contribution in [0, 0.1) is 0 Å². The van der Waals surface area contributed by atoms with Crippen LogP contribution in [0.5, 0.6) is 0 Å². The summed E-state index contributed by atoms with van der Waals surface area (Å²) in [5.41, 5.74) is 0. The van der Waals surface area contributed by atoms with Crippen molar-refractivity contribution < 1.29 is 73.1 Å². The number of ether oxygens (including phenoxy) is 2. The van der Waals surface area contributed by atoms with Crippen molar-refractivity contribution in [2.75, 3.05) is 33.0 Å². The molecule has 0 aliphatic rings. The van der Waals surface area contributed by atoms with Crippen molar-refractivity contribution in [2.24, 2.45) is 0 Å². The minimum Gasteiger partial charge on any atom is -0.481 e. The maximum atomic E-state index is 12.3. The molecule has 0 saturated heterocycles. The van der Waals surface area contributed by atoms with Crippen LogP contribution in [0.2, 0.25) is 0 Å². The van der Waals surface area contributed by atoms with Crippen LogP contribution in [-0.2, 0) is 52.6 Å². The topological polar surface area (TPSA) is 301 Å². The van der Waals surface area contributed by atoms with Gasteiger partial charge in [-0.05, 0) is 39.0 Å². The molecule has 0 rings (SSSR count). The number of unbranched alkanes of at least 4 members (excludes halogenated alkanes) is 13. The number of hydrogen-bond acceptors (Lipinski definition) is 11. The normalized spacial score (nSPS) is 12.4. The summed E-state index contributed by atoms with van der Waals surface area (Å²) in [6, 6.07) is -3.94. The molecule has 0 bridgehead atoms. The van der Waals surface area contributed by atoms with Crippen molar-refractivity contribution >= 4 is 53.3 Å². The first-order valence-corrected chi connectivity index (χ1v) is 20.8. The van der Waals surface area contributed by atoms with E-state index in [0.29, 0.717) is 6.42 Å². The van der Waals surface area contributed by atoms with Crippen molar-refractivity contribution in [3.63, 3.8) is 0 Å². The van der Waals surface area contributed by atoms with Gasteiger partial charge in [0.25, 0.3) is 0 Å². The molecule has 0 unspecified atom stereocenters. The van der Waals surface area contributed by atoms with Crippen LogP contribution >= 0.6 is 0 Å². The zero-order chi connectivity index (χ0) is 44.3. The van der Waals surface area contributed by atoms with E-state index in [0.717, 1.165) is 51.4 Å². The summed E-state index contributed by atoms with van der Waals surface area (Å²) < 4.78 is 10.5. The van der Waals surface area contributed by atoms with Gasteiger partial charge in [0.15, 0.2) is 0 Å². The van der Waals surface area contributed by atoms with Crippen LogP contribution in [0.15, 0.2) is 0 Å². The van der Waals surface area contributed by atoms with E-state index in [1.807, 2.05) is 0 Å². The lowest BCUT2D eigenvalue weighted by Gasteiger charge is -2.16. The second kappa shape index (κ2) is 35.3. The van der Waals surface area contributed by atoms with Gasteiger partial charge in [-0.2, -0.15) is 0 Å². The van der Waals surface area contributed by atoms with E-state index in [1.165, 1.54) is 39.0 Å². The molecule has 0 aromatic rings. The second-order valence-corrected chi connectivity index (χ2v) is 14.6. The molecular weight excluding hydrogens is 776 g/mol. The minimum absolute atomic E-state index is 0.0367. The first-order chi connectivity index (χ1) is 28.1. The van der Waals surface area contributed by atoms with Gasteiger partial charge in [0.1, 0.15) is 30.5 Å². The lowest BCUT2D eigenvalue weighted by Crippen LogP contribution is -2.45. The Morgan fingerprint density at radius 1 is 0.424 bits per heavy atom. The number of carboxylic acids is 4. The number of amides is 4. The highest BCUT2D eigenvalue weighted by Crippen LogP contribution is 2.14. The van der Waals surface area contributed by atoms with Crippen molar-refractivity contribution in [3.05, 3.63) is 0 Å². The lowest BCUT2D eigenvalue weighted by atomic mass is 10.0. The second-order valence-electron chi connectivity index (χ2n) is 14.6. The lowest BCUT2D eigenvalue weighted by molar-refractivity contribution is -0.144. The molecular formula is C40H68N4O15. The summed E-state index contributed by atoms with van der Waals surface area (Å²) >= 11 is 0. The molecule has 0 fully saturated rings. The monoisotopic (exact) mass is 844 g/mol. The largest absolute Gasteiger partial charge is 0.481 e. The van der Waals surface area contributed by atoms with Gasteiger partial charge in [0.2, 0.25) is 23.6 Å². The van der Waals surface area contributed by atoms with Crippen LogP contribution in [0.3, 0.4) is 0 Å². The predicted molar refractivity (Wildman–Crippen MR) is 213 cm³/mol. The van der Waals surface area contributed by atoms with Crippen LogP contribution < -0.4 is 21.3 Å². The number of carboxylic acid groups (broad SMARTS) is 4. The Kier molecular flexibility index (Phi) is 32.5. The van der Waals surface area contributed by atoms with Gasteiger partial charge in [-0.25, -0.2) is 14.4 Å². The summed E-state index contributed by atoms with van der Waals surface area (Å²) in [5, 5.41) is 46.3. The molecule has 338 valence electrons. The molecule has 3 atom stereocenters. The standard InChI is InChI=1S/C40H68N4O15/c1-29(45)18-19-30(38(52)53)43-35(48)23-21-32(40(56)57)44-36(49)28-59-27-26-58-25-24-41-33(46)22-20-31(39(54)55)42-34(47)16-14-12-10-8-6-4-2-3-5-7-9-11-13-15-17-37(50)51/h30-32H,2-28H2,1H3,(H,41,46)(H,42,47)(H,43,48)(H,44,49)(H,50,51)(H,52,53)(H,54,55)(H,56,57)/t30-,31-,32-/m0/s1. The molecule has 0 radical (unpaired) electrons. The summed E-state index contributed by atoms with van der Waals surface area (Å²) in [5.74, 6) is -7.27. The van der Waals surface area contributed by atoms with E-state index < -0.39 is 72.8 Å². The number of ketones is 1. The Hall–Kier alpha value is -4.65. The number of nitrogens with one attached hydrogen (secondary N) is 4. The van der Waals surface area contributed by atoms with Crippen molar-refractivity contribution in [2.45, 2.75) is 166 Å². The Balaban J connectivity index is 4.00. The Morgan fingerprint density at radius 3 is 1.24 bits per heavy atom. The van der Waals surface area contributed by atoms with Crippen LogP contribution in [0.25, 0.3) is 0 Å². The zero-order valence-electron chi connectivity index (χ0n) is 34.6. The average Bonchev–Trinajstić information content (AvgIpc) is 3.16. The molecule has 8 N–H and O–H groups in total. The van der Waals surface area contributed by atoms with Crippen LogP contribution in [0.1, 0.15) is 148 Å². The molecule has 0 saturated carbocycles. The molecule has 19 nitrogen and oxygen atoms in total. The maximum Gasteiger partial charge on any atom is 0.326 e. The summed E-state index contributed by atoms with van der Waals surface area (Å²) in [4.78, 5) is 105. The van der Waals surface area contributed by atoms with Crippen LogP contribution in [-0.4, -0.2) is 125 Å². The molecule has 59 heavy (non-hydrogen) atoms. The van der Waals surface area contributed by atoms with Crippen molar-refractivity contribution in [1.29, 1.82) is 0 Å². The fraction of sp³-hybridized carbons (Fsp3) is 0.775. The van der Waals surface area contributed by atoms with Gasteiger partial charge in [0.05, 0.1) is 19.8 Å². The van der Waals surface area contributed by atoms with E-state index in [9.17, 15) is 58.5 Å². The fourth-order valence-corrected chi connectivity index (χ4v) is 5.86. The van der Waals surface area contributed by atoms with Gasteiger partial charge in [0, 0.05) is 38.6 Å². The highest BCUT2D eigenvalue weighted by atomic mass is 16.5. The summed E-state index contributed by atoms with van der Waals surface area (Å²) in [6.45, 7) is 0.968. The van der Waals surface area contributed by atoms with Gasteiger partial charge in [-0.1, -0.05) is 77.0 Å². The number of carbonyl (C=O) groups is 9.